The summed E-state index contributed by atoms with van der Waals surface area (Å²) >= 11 is 0. The van der Waals surface area contributed by atoms with Crippen LogP contribution in [0, 0.1) is 12.7 Å². The first-order chi connectivity index (χ1) is 13.4. The third-order valence-electron chi connectivity index (χ3n) is 5.00. The highest BCUT2D eigenvalue weighted by atomic mass is 32.2. The average molecular weight is 405 g/mol. The van der Waals surface area contributed by atoms with Crippen molar-refractivity contribution in [3.63, 3.8) is 0 Å². The fraction of sp³-hybridized carbons (Fsp3) is 0.381. The summed E-state index contributed by atoms with van der Waals surface area (Å²) in [7, 11) is -3.55. The van der Waals surface area contributed by atoms with Crippen molar-refractivity contribution < 1.29 is 17.6 Å². The molecule has 2 aromatic carbocycles. The lowest BCUT2D eigenvalue weighted by atomic mass is 10.1. The van der Waals surface area contributed by atoms with Crippen LogP contribution in [0.5, 0.6) is 0 Å². The van der Waals surface area contributed by atoms with E-state index in [1.165, 1.54) is 22.5 Å². The topological polar surface area (TPSA) is 66.5 Å². The number of sulfonamides is 1. The van der Waals surface area contributed by atoms with E-state index >= 15 is 0 Å². The second-order valence-electron chi connectivity index (χ2n) is 7.07. The normalized spacial score (nSPS) is 14.9. The van der Waals surface area contributed by atoms with Crippen molar-refractivity contribution >= 4 is 15.9 Å². The fourth-order valence-electron chi connectivity index (χ4n) is 3.32. The Bertz CT molecular complexity index is 937. The fourth-order valence-corrected chi connectivity index (χ4v) is 4.87. The predicted octanol–water partition coefficient (Wildman–Crippen LogP) is 3.28. The van der Waals surface area contributed by atoms with E-state index in [0.717, 1.165) is 30.4 Å². The first-order valence-electron chi connectivity index (χ1n) is 9.51. The first kappa shape index (κ1) is 20.5. The molecular weight excluding hydrogens is 379 g/mol. The van der Waals surface area contributed by atoms with Crippen molar-refractivity contribution in [2.24, 2.45) is 0 Å². The Labute approximate surface area is 165 Å². The standard InChI is InChI=1S/C21H25FN2O3S/c1-16-6-11-19(28(26,27)24-13-2-3-14-24)15-20(16)21(25)23-12-4-5-17-7-9-18(22)10-8-17/h6-11,15H,2-5,12-14H2,1H3,(H,23,25). The van der Waals surface area contributed by atoms with Crippen LogP contribution in [0.4, 0.5) is 4.39 Å². The molecule has 0 spiro atoms. The molecule has 7 heteroatoms. The maximum atomic E-state index is 12.9. The van der Waals surface area contributed by atoms with Gasteiger partial charge in [-0.05, 0) is 68.0 Å². The van der Waals surface area contributed by atoms with Gasteiger partial charge in [0.25, 0.3) is 5.91 Å². The van der Waals surface area contributed by atoms with Gasteiger partial charge in [-0.25, -0.2) is 12.8 Å². The number of amides is 1. The van der Waals surface area contributed by atoms with Crippen molar-refractivity contribution in [1.29, 1.82) is 0 Å². The van der Waals surface area contributed by atoms with Gasteiger partial charge in [0.1, 0.15) is 5.82 Å². The second kappa shape index (κ2) is 8.84. The molecule has 0 radical (unpaired) electrons. The molecule has 1 fully saturated rings. The predicted molar refractivity (Wildman–Crippen MR) is 106 cm³/mol. The molecule has 1 amide bonds. The lowest BCUT2D eigenvalue weighted by Gasteiger charge is -2.17. The number of rotatable bonds is 7. The number of nitrogens with zero attached hydrogens (tertiary/aromatic N) is 1. The highest BCUT2D eigenvalue weighted by molar-refractivity contribution is 7.89. The van der Waals surface area contributed by atoms with Gasteiger partial charge in [0.15, 0.2) is 0 Å². The molecule has 0 unspecified atom stereocenters. The van der Waals surface area contributed by atoms with Crippen LogP contribution in [0.25, 0.3) is 0 Å². The second-order valence-corrected chi connectivity index (χ2v) is 9.01. The number of hydrogen-bond acceptors (Lipinski definition) is 3. The summed E-state index contributed by atoms with van der Waals surface area (Å²) in [6.07, 6.45) is 3.17. The highest BCUT2D eigenvalue weighted by Gasteiger charge is 2.28. The summed E-state index contributed by atoms with van der Waals surface area (Å²) in [5.41, 5.74) is 2.11. The first-order valence-corrected chi connectivity index (χ1v) is 11.0. The number of nitrogens with one attached hydrogen (secondary N) is 1. The van der Waals surface area contributed by atoms with E-state index in [1.807, 2.05) is 0 Å². The highest BCUT2D eigenvalue weighted by Crippen LogP contribution is 2.23. The summed E-state index contributed by atoms with van der Waals surface area (Å²) in [5.74, 6) is -0.550. The minimum absolute atomic E-state index is 0.163. The lowest BCUT2D eigenvalue weighted by Crippen LogP contribution is -2.29. The average Bonchev–Trinajstić information content (AvgIpc) is 3.22. The summed E-state index contributed by atoms with van der Waals surface area (Å²) in [4.78, 5) is 12.7. The number of halogens is 1. The van der Waals surface area contributed by atoms with Crippen LogP contribution in [0.15, 0.2) is 47.4 Å². The van der Waals surface area contributed by atoms with Crippen molar-refractivity contribution in [3.05, 3.63) is 65.0 Å². The smallest absolute Gasteiger partial charge is 0.251 e. The Morgan fingerprint density at radius 2 is 1.79 bits per heavy atom. The monoisotopic (exact) mass is 404 g/mol. The molecule has 1 N–H and O–H groups in total. The number of carbonyl (C=O) groups excluding carboxylic acids is 1. The Morgan fingerprint density at radius 3 is 2.46 bits per heavy atom. The van der Waals surface area contributed by atoms with E-state index < -0.39 is 10.0 Å². The molecule has 3 rings (SSSR count). The molecule has 1 aliphatic rings. The third kappa shape index (κ3) is 4.77. The Balaban J connectivity index is 1.62. The Kier molecular flexibility index (Phi) is 6.46. The van der Waals surface area contributed by atoms with Gasteiger partial charge in [-0.2, -0.15) is 4.31 Å². The molecular formula is C21H25FN2O3S. The summed E-state index contributed by atoms with van der Waals surface area (Å²) in [5, 5.41) is 2.85. The maximum absolute atomic E-state index is 12.9. The van der Waals surface area contributed by atoms with Gasteiger partial charge in [-0.1, -0.05) is 18.2 Å². The minimum Gasteiger partial charge on any atom is -0.352 e. The van der Waals surface area contributed by atoms with Crippen LogP contribution in [0.2, 0.25) is 0 Å². The minimum atomic E-state index is -3.55. The van der Waals surface area contributed by atoms with Gasteiger partial charge < -0.3 is 5.32 Å². The van der Waals surface area contributed by atoms with Crippen LogP contribution in [0.1, 0.15) is 40.7 Å². The lowest BCUT2D eigenvalue weighted by molar-refractivity contribution is 0.0952. The van der Waals surface area contributed by atoms with E-state index in [0.29, 0.717) is 31.6 Å². The van der Waals surface area contributed by atoms with Crippen molar-refractivity contribution in [1.82, 2.24) is 9.62 Å². The molecule has 0 bridgehead atoms. The van der Waals surface area contributed by atoms with E-state index in [2.05, 4.69) is 5.32 Å². The SMILES string of the molecule is Cc1ccc(S(=O)(=O)N2CCCC2)cc1C(=O)NCCCc1ccc(F)cc1. The van der Waals surface area contributed by atoms with Crippen LogP contribution in [0.3, 0.4) is 0 Å². The number of carbonyl (C=O) groups is 1. The quantitative estimate of drug-likeness (QED) is 0.720. The summed E-state index contributed by atoms with van der Waals surface area (Å²) < 4.78 is 39.9. The molecule has 2 aromatic rings. The molecule has 0 aliphatic carbocycles. The van der Waals surface area contributed by atoms with Crippen molar-refractivity contribution in [2.75, 3.05) is 19.6 Å². The van der Waals surface area contributed by atoms with Crippen LogP contribution in [-0.4, -0.2) is 38.3 Å². The van der Waals surface area contributed by atoms with Gasteiger partial charge in [0.05, 0.1) is 4.90 Å². The van der Waals surface area contributed by atoms with Crippen LogP contribution >= 0.6 is 0 Å². The molecule has 0 saturated carbocycles. The zero-order valence-corrected chi connectivity index (χ0v) is 16.8. The van der Waals surface area contributed by atoms with E-state index in [9.17, 15) is 17.6 Å². The van der Waals surface area contributed by atoms with Gasteiger partial charge in [0.2, 0.25) is 10.0 Å². The third-order valence-corrected chi connectivity index (χ3v) is 6.89. The van der Waals surface area contributed by atoms with Crippen LogP contribution < -0.4 is 5.32 Å². The van der Waals surface area contributed by atoms with Gasteiger partial charge in [-0.15, -0.1) is 0 Å². The molecule has 150 valence electrons. The largest absolute Gasteiger partial charge is 0.352 e. The van der Waals surface area contributed by atoms with Crippen LogP contribution in [-0.2, 0) is 16.4 Å². The van der Waals surface area contributed by atoms with Gasteiger partial charge >= 0.3 is 0 Å². The number of hydrogen-bond donors (Lipinski definition) is 1. The summed E-state index contributed by atoms with van der Waals surface area (Å²) in [6.45, 7) is 3.31. The van der Waals surface area contributed by atoms with Crippen molar-refractivity contribution in [3.8, 4) is 0 Å². The number of aryl methyl sites for hydroxylation is 2. The molecule has 1 aliphatic heterocycles. The zero-order chi connectivity index (χ0) is 20.1. The molecule has 0 aromatic heterocycles. The van der Waals surface area contributed by atoms with E-state index in [-0.39, 0.29) is 16.6 Å². The van der Waals surface area contributed by atoms with E-state index in [1.54, 1.807) is 31.2 Å². The Hall–Kier alpha value is -2.25. The van der Waals surface area contributed by atoms with Gasteiger partial charge in [-0.3, -0.25) is 4.79 Å². The molecule has 0 atom stereocenters. The molecule has 1 heterocycles. The maximum Gasteiger partial charge on any atom is 0.251 e. The summed E-state index contributed by atoms with van der Waals surface area (Å²) in [6, 6.07) is 11.0. The Morgan fingerprint density at radius 1 is 1.11 bits per heavy atom. The van der Waals surface area contributed by atoms with E-state index in [4.69, 9.17) is 0 Å². The molecule has 5 nitrogen and oxygen atoms in total. The molecule has 1 saturated heterocycles. The zero-order valence-electron chi connectivity index (χ0n) is 15.9. The molecule has 28 heavy (non-hydrogen) atoms. The number of benzene rings is 2. The van der Waals surface area contributed by atoms with Crippen molar-refractivity contribution in [2.45, 2.75) is 37.5 Å². The van der Waals surface area contributed by atoms with Gasteiger partial charge in [0, 0.05) is 25.2 Å².